The average Bonchev–Trinajstić information content (AvgIpc) is 2.61. The van der Waals surface area contributed by atoms with Crippen molar-refractivity contribution in [2.24, 2.45) is 0 Å². The fourth-order valence-corrected chi connectivity index (χ4v) is 3.13. The minimum atomic E-state index is -0.539. The Morgan fingerprint density at radius 2 is 1.81 bits per heavy atom. The number of hydrogen-bond acceptors (Lipinski definition) is 6. The Hall–Kier alpha value is -2.67. The Bertz CT molecular complexity index is 832. The first kappa shape index (κ1) is 19.7. The van der Waals surface area contributed by atoms with Crippen LogP contribution < -0.4 is 0 Å². The van der Waals surface area contributed by atoms with Crippen molar-refractivity contribution >= 4 is 29.2 Å². The molecule has 0 aliphatic rings. The number of nitro groups is 1. The number of hydrogen-bond donors (Lipinski definition) is 0. The standard InChI is InChI=1S/C19H19NO5S/c1-12-4-5-13(2)17(10-12)18(21)11-25-19(22)14(3)26-16-8-6-15(7-9-16)20(23)24/h4-10,14H,11H2,1-3H3/t14-/m1/s1. The lowest BCUT2D eigenvalue weighted by Crippen LogP contribution is -2.21. The van der Waals surface area contributed by atoms with Crippen molar-refractivity contribution in [2.75, 3.05) is 6.61 Å². The number of benzene rings is 2. The van der Waals surface area contributed by atoms with Crippen LogP contribution in [0.2, 0.25) is 0 Å². The third-order valence-corrected chi connectivity index (χ3v) is 4.82. The van der Waals surface area contributed by atoms with Gasteiger partial charge in [0, 0.05) is 22.6 Å². The second-order valence-corrected chi connectivity index (χ2v) is 7.27. The van der Waals surface area contributed by atoms with Gasteiger partial charge < -0.3 is 4.74 Å². The second-order valence-electron chi connectivity index (χ2n) is 5.86. The number of aryl methyl sites for hydroxylation is 2. The highest BCUT2D eigenvalue weighted by Crippen LogP contribution is 2.26. The van der Waals surface area contributed by atoms with E-state index in [9.17, 15) is 19.7 Å². The molecule has 0 aliphatic heterocycles. The second kappa shape index (κ2) is 8.62. The molecule has 2 rings (SSSR count). The number of ketones is 1. The molecule has 0 saturated carbocycles. The van der Waals surface area contributed by atoms with Gasteiger partial charge in [-0.3, -0.25) is 19.7 Å². The topological polar surface area (TPSA) is 86.5 Å². The zero-order chi connectivity index (χ0) is 19.3. The molecule has 0 saturated heterocycles. The van der Waals surface area contributed by atoms with Crippen LogP contribution >= 0.6 is 11.8 Å². The van der Waals surface area contributed by atoms with E-state index in [0.29, 0.717) is 10.5 Å². The summed E-state index contributed by atoms with van der Waals surface area (Å²) in [4.78, 5) is 35.2. The number of esters is 1. The van der Waals surface area contributed by atoms with E-state index in [2.05, 4.69) is 0 Å². The Morgan fingerprint density at radius 3 is 2.42 bits per heavy atom. The minimum Gasteiger partial charge on any atom is -0.456 e. The number of thioether (sulfide) groups is 1. The van der Waals surface area contributed by atoms with Crippen LogP contribution in [0, 0.1) is 24.0 Å². The molecule has 0 aromatic heterocycles. The van der Waals surface area contributed by atoms with Crippen molar-refractivity contribution in [3.05, 3.63) is 69.3 Å². The number of non-ortho nitro benzene ring substituents is 1. The van der Waals surface area contributed by atoms with Crippen LogP contribution in [-0.2, 0) is 9.53 Å². The molecule has 0 heterocycles. The lowest BCUT2D eigenvalue weighted by atomic mass is 10.0. The Balaban J connectivity index is 1.91. The lowest BCUT2D eigenvalue weighted by Gasteiger charge is -2.12. The van der Waals surface area contributed by atoms with Gasteiger partial charge >= 0.3 is 5.97 Å². The molecule has 0 amide bonds. The number of Topliss-reactive ketones (excluding diaryl/α,β-unsaturated/α-hetero) is 1. The van der Waals surface area contributed by atoms with Crippen LogP contribution in [0.1, 0.15) is 28.4 Å². The van der Waals surface area contributed by atoms with Crippen molar-refractivity contribution in [1.82, 2.24) is 0 Å². The monoisotopic (exact) mass is 373 g/mol. The van der Waals surface area contributed by atoms with Gasteiger partial charge in [-0.2, -0.15) is 0 Å². The van der Waals surface area contributed by atoms with Crippen molar-refractivity contribution in [3.8, 4) is 0 Å². The molecular weight excluding hydrogens is 354 g/mol. The molecule has 0 aliphatic carbocycles. The number of ether oxygens (including phenoxy) is 1. The fraction of sp³-hybridized carbons (Fsp3) is 0.263. The largest absolute Gasteiger partial charge is 0.456 e. The van der Waals surface area contributed by atoms with E-state index >= 15 is 0 Å². The zero-order valence-electron chi connectivity index (χ0n) is 14.7. The van der Waals surface area contributed by atoms with Gasteiger partial charge in [0.05, 0.1) is 4.92 Å². The number of nitro benzene ring substituents is 1. The third kappa shape index (κ3) is 5.16. The summed E-state index contributed by atoms with van der Waals surface area (Å²) in [7, 11) is 0. The molecule has 26 heavy (non-hydrogen) atoms. The van der Waals surface area contributed by atoms with Gasteiger partial charge in [-0.25, -0.2) is 0 Å². The fourth-order valence-electron chi connectivity index (χ4n) is 2.27. The van der Waals surface area contributed by atoms with Crippen LogP contribution in [-0.4, -0.2) is 28.5 Å². The summed E-state index contributed by atoms with van der Waals surface area (Å²) in [5, 5.41) is 10.1. The summed E-state index contributed by atoms with van der Waals surface area (Å²) in [6.45, 7) is 5.08. The maximum Gasteiger partial charge on any atom is 0.319 e. The summed E-state index contributed by atoms with van der Waals surface area (Å²) in [6.07, 6.45) is 0. The zero-order valence-corrected chi connectivity index (χ0v) is 15.5. The summed E-state index contributed by atoms with van der Waals surface area (Å²) in [5.74, 6) is -0.751. The molecule has 0 radical (unpaired) electrons. The molecule has 0 N–H and O–H groups in total. The Kier molecular flexibility index (Phi) is 6.52. The molecule has 0 spiro atoms. The van der Waals surface area contributed by atoms with E-state index in [0.717, 1.165) is 11.1 Å². The summed E-state index contributed by atoms with van der Waals surface area (Å²) < 4.78 is 5.13. The highest BCUT2D eigenvalue weighted by Gasteiger charge is 2.19. The third-order valence-electron chi connectivity index (χ3n) is 3.73. The van der Waals surface area contributed by atoms with Crippen molar-refractivity contribution in [3.63, 3.8) is 0 Å². The highest BCUT2D eigenvalue weighted by molar-refractivity contribution is 8.00. The Labute approximate surface area is 155 Å². The smallest absolute Gasteiger partial charge is 0.319 e. The number of carbonyl (C=O) groups is 2. The predicted octanol–water partition coefficient (Wildman–Crippen LogP) is 4.12. The van der Waals surface area contributed by atoms with Crippen LogP contribution in [0.3, 0.4) is 0 Å². The average molecular weight is 373 g/mol. The Morgan fingerprint density at radius 1 is 1.15 bits per heavy atom. The van der Waals surface area contributed by atoms with Gasteiger partial charge in [-0.1, -0.05) is 17.7 Å². The summed E-state index contributed by atoms with van der Waals surface area (Å²) >= 11 is 1.22. The number of nitrogens with zero attached hydrogens (tertiary/aromatic N) is 1. The van der Waals surface area contributed by atoms with E-state index in [4.69, 9.17) is 4.74 Å². The predicted molar refractivity (Wildman–Crippen MR) is 99.6 cm³/mol. The first-order valence-corrected chi connectivity index (χ1v) is 8.84. The van der Waals surface area contributed by atoms with E-state index in [1.54, 1.807) is 25.1 Å². The summed E-state index contributed by atoms with van der Waals surface area (Å²) in [5.41, 5.74) is 2.34. The lowest BCUT2D eigenvalue weighted by molar-refractivity contribution is -0.384. The highest BCUT2D eigenvalue weighted by atomic mass is 32.2. The molecule has 136 valence electrons. The van der Waals surface area contributed by atoms with Gasteiger partial charge in [-0.15, -0.1) is 11.8 Å². The van der Waals surface area contributed by atoms with Gasteiger partial charge in [0.1, 0.15) is 5.25 Å². The minimum absolute atomic E-state index is 0.0105. The van der Waals surface area contributed by atoms with Crippen molar-refractivity contribution in [1.29, 1.82) is 0 Å². The van der Waals surface area contributed by atoms with Gasteiger partial charge in [0.25, 0.3) is 5.69 Å². The molecule has 0 fully saturated rings. The van der Waals surface area contributed by atoms with Crippen LogP contribution in [0.5, 0.6) is 0 Å². The van der Waals surface area contributed by atoms with E-state index in [-0.39, 0.29) is 18.1 Å². The molecular formula is C19H19NO5S. The molecule has 2 aromatic rings. The van der Waals surface area contributed by atoms with E-state index in [1.807, 2.05) is 26.0 Å². The number of carbonyl (C=O) groups excluding carboxylic acids is 2. The molecule has 0 bridgehead atoms. The van der Waals surface area contributed by atoms with Crippen LogP contribution in [0.4, 0.5) is 5.69 Å². The van der Waals surface area contributed by atoms with Gasteiger partial charge in [0.15, 0.2) is 6.61 Å². The summed E-state index contributed by atoms with van der Waals surface area (Å²) in [6, 6.07) is 11.5. The SMILES string of the molecule is Cc1ccc(C)c(C(=O)COC(=O)[C@@H](C)Sc2ccc([N+](=O)[O-])cc2)c1. The van der Waals surface area contributed by atoms with E-state index in [1.165, 1.54) is 23.9 Å². The molecule has 0 unspecified atom stereocenters. The normalized spacial score (nSPS) is 11.7. The van der Waals surface area contributed by atoms with Crippen LogP contribution in [0.15, 0.2) is 47.4 Å². The van der Waals surface area contributed by atoms with Crippen molar-refractivity contribution < 1.29 is 19.2 Å². The first-order chi connectivity index (χ1) is 12.3. The molecule has 6 nitrogen and oxygen atoms in total. The quantitative estimate of drug-likeness (QED) is 0.239. The maximum atomic E-state index is 12.3. The van der Waals surface area contributed by atoms with Crippen molar-refractivity contribution in [2.45, 2.75) is 30.9 Å². The van der Waals surface area contributed by atoms with Gasteiger partial charge in [0.2, 0.25) is 5.78 Å². The number of rotatable bonds is 7. The molecule has 2 aromatic carbocycles. The molecule has 1 atom stereocenters. The van der Waals surface area contributed by atoms with Gasteiger partial charge in [-0.05, 0) is 44.5 Å². The maximum absolute atomic E-state index is 12.3. The first-order valence-electron chi connectivity index (χ1n) is 7.96. The van der Waals surface area contributed by atoms with Crippen LogP contribution in [0.25, 0.3) is 0 Å². The molecule has 7 heteroatoms. The van der Waals surface area contributed by atoms with E-state index < -0.39 is 16.1 Å².